The zero-order chi connectivity index (χ0) is 15.1. The van der Waals surface area contributed by atoms with Gasteiger partial charge in [0.25, 0.3) is 0 Å². The number of rotatable bonds is 5. The molecule has 0 bridgehead atoms. The molecular weight excluding hydrogens is 290 g/mol. The van der Waals surface area contributed by atoms with Crippen LogP contribution in [0.4, 0.5) is 5.69 Å². The molecule has 108 valence electrons. The Balaban J connectivity index is 2.05. The molecule has 0 aliphatic carbocycles. The molecule has 21 heavy (non-hydrogen) atoms. The Morgan fingerprint density at radius 1 is 1.00 bits per heavy atom. The number of halogens is 1. The first-order valence-corrected chi connectivity index (χ1v) is 6.92. The molecule has 2 aromatic carbocycles. The van der Waals surface area contributed by atoms with Gasteiger partial charge in [0.05, 0.1) is 12.1 Å². The first kappa shape index (κ1) is 15.1. The van der Waals surface area contributed by atoms with Gasteiger partial charge in [-0.2, -0.15) is 0 Å². The van der Waals surface area contributed by atoms with E-state index in [0.717, 1.165) is 5.56 Å². The second kappa shape index (κ2) is 7.45. The summed E-state index contributed by atoms with van der Waals surface area (Å²) in [6, 6.07) is 16.1. The molecule has 1 amide bonds. The lowest BCUT2D eigenvalue weighted by Crippen LogP contribution is -2.16. The van der Waals surface area contributed by atoms with Crippen molar-refractivity contribution in [2.45, 2.75) is 6.42 Å². The highest BCUT2D eigenvalue weighted by atomic mass is 35.5. The van der Waals surface area contributed by atoms with Crippen LogP contribution in [0.25, 0.3) is 0 Å². The maximum Gasteiger partial charge on any atom is 0.326 e. The maximum atomic E-state index is 12.0. The molecule has 2 rings (SSSR count). The topological polar surface area (TPSA) is 55.4 Å². The summed E-state index contributed by atoms with van der Waals surface area (Å²) in [5.74, 6) is -0.715. The summed E-state index contributed by atoms with van der Waals surface area (Å²) in [5, 5.41) is 2.73. The van der Waals surface area contributed by atoms with Crippen LogP contribution in [-0.4, -0.2) is 17.8 Å². The van der Waals surface area contributed by atoms with Crippen molar-refractivity contribution in [1.29, 1.82) is 0 Å². The average Bonchev–Trinajstić information content (AvgIpc) is 2.50. The van der Waals surface area contributed by atoms with Gasteiger partial charge in [-0.1, -0.05) is 42.5 Å². The van der Waals surface area contributed by atoms with Gasteiger partial charge in [0, 0.05) is 0 Å². The molecule has 0 spiro atoms. The number of ether oxygens (including phenoxy) is 1. The third-order valence-corrected chi connectivity index (χ3v) is 2.92. The number of nitrogens with one attached hydrogen (secondary N) is 1. The largest absolute Gasteiger partial charge is 0.423 e. The van der Waals surface area contributed by atoms with Gasteiger partial charge in [-0.25, -0.2) is 0 Å². The van der Waals surface area contributed by atoms with Crippen LogP contribution in [0.3, 0.4) is 0 Å². The first-order valence-electron chi connectivity index (χ1n) is 6.38. The van der Waals surface area contributed by atoms with E-state index >= 15 is 0 Å². The number of benzene rings is 2. The lowest BCUT2D eigenvalue weighted by molar-refractivity contribution is -0.131. The van der Waals surface area contributed by atoms with Crippen molar-refractivity contribution in [2.75, 3.05) is 11.2 Å². The minimum atomic E-state index is -0.568. The zero-order valence-corrected chi connectivity index (χ0v) is 12.0. The van der Waals surface area contributed by atoms with Crippen molar-refractivity contribution in [3.8, 4) is 5.75 Å². The molecule has 0 saturated carbocycles. The number of carbonyl (C=O) groups excluding carboxylic acids is 2. The molecule has 5 heteroatoms. The summed E-state index contributed by atoms with van der Waals surface area (Å²) in [6.07, 6.45) is 0.249. The van der Waals surface area contributed by atoms with Crippen LogP contribution in [-0.2, 0) is 16.0 Å². The minimum Gasteiger partial charge on any atom is -0.423 e. The summed E-state index contributed by atoms with van der Waals surface area (Å²) in [7, 11) is 0. The molecule has 0 aliphatic heterocycles. The molecule has 0 aliphatic rings. The molecule has 0 aromatic heterocycles. The predicted molar refractivity (Wildman–Crippen MR) is 81.6 cm³/mol. The van der Waals surface area contributed by atoms with Crippen LogP contribution in [0.15, 0.2) is 54.6 Å². The Kier molecular flexibility index (Phi) is 5.35. The number of hydrogen-bond donors (Lipinski definition) is 1. The van der Waals surface area contributed by atoms with Crippen molar-refractivity contribution in [2.24, 2.45) is 0 Å². The number of alkyl halides is 1. The van der Waals surface area contributed by atoms with Crippen LogP contribution in [0.5, 0.6) is 5.75 Å². The summed E-state index contributed by atoms with van der Waals surface area (Å²) >= 11 is 5.41. The summed E-state index contributed by atoms with van der Waals surface area (Å²) < 4.78 is 5.06. The maximum absolute atomic E-state index is 12.0. The fourth-order valence-electron chi connectivity index (χ4n) is 1.78. The Hall–Kier alpha value is -2.33. The third kappa shape index (κ3) is 4.61. The average molecular weight is 304 g/mol. The van der Waals surface area contributed by atoms with E-state index < -0.39 is 5.97 Å². The van der Waals surface area contributed by atoms with E-state index in [9.17, 15) is 9.59 Å². The van der Waals surface area contributed by atoms with Gasteiger partial charge >= 0.3 is 5.97 Å². The highest BCUT2D eigenvalue weighted by molar-refractivity contribution is 6.26. The van der Waals surface area contributed by atoms with E-state index in [1.165, 1.54) is 0 Å². The van der Waals surface area contributed by atoms with E-state index in [4.69, 9.17) is 16.3 Å². The standard InChI is InChI=1S/C16H14ClNO3/c17-11-16(20)21-14-9-5-4-8-13(14)18-15(19)10-12-6-2-1-3-7-12/h1-9H,10-11H2,(H,18,19). The highest BCUT2D eigenvalue weighted by Gasteiger charge is 2.11. The Labute approximate surface area is 127 Å². The molecule has 1 N–H and O–H groups in total. The summed E-state index contributed by atoms with van der Waals surface area (Å²) in [5.41, 5.74) is 1.35. The van der Waals surface area contributed by atoms with E-state index in [2.05, 4.69) is 5.32 Å². The molecule has 2 aromatic rings. The summed E-state index contributed by atoms with van der Waals surface area (Å²) in [6.45, 7) is 0. The van der Waals surface area contributed by atoms with Gasteiger partial charge in [-0.3, -0.25) is 9.59 Å². The monoisotopic (exact) mass is 303 g/mol. The Morgan fingerprint density at radius 3 is 2.38 bits per heavy atom. The van der Waals surface area contributed by atoms with E-state index in [1.807, 2.05) is 30.3 Å². The third-order valence-electron chi connectivity index (χ3n) is 2.70. The predicted octanol–water partition coefficient (Wildman–Crippen LogP) is 3.01. The van der Waals surface area contributed by atoms with Crippen LogP contribution in [0.2, 0.25) is 0 Å². The van der Waals surface area contributed by atoms with Gasteiger partial charge in [0.2, 0.25) is 5.91 Å². The van der Waals surface area contributed by atoms with Gasteiger partial charge in [-0.05, 0) is 17.7 Å². The van der Waals surface area contributed by atoms with E-state index in [1.54, 1.807) is 24.3 Å². The molecule has 0 unspecified atom stereocenters. The zero-order valence-electron chi connectivity index (χ0n) is 11.2. The second-order valence-electron chi connectivity index (χ2n) is 4.31. The SMILES string of the molecule is O=C(Cc1ccccc1)Nc1ccccc1OC(=O)CCl. The lowest BCUT2D eigenvalue weighted by atomic mass is 10.1. The first-order chi connectivity index (χ1) is 10.2. The molecule has 0 fully saturated rings. The van der Waals surface area contributed by atoms with Gasteiger partial charge in [-0.15, -0.1) is 11.6 Å². The molecule has 0 atom stereocenters. The van der Waals surface area contributed by atoms with Crippen LogP contribution < -0.4 is 10.1 Å². The number of esters is 1. The van der Waals surface area contributed by atoms with Crippen molar-refractivity contribution in [1.82, 2.24) is 0 Å². The number of anilines is 1. The quantitative estimate of drug-likeness (QED) is 0.525. The fourth-order valence-corrected chi connectivity index (χ4v) is 1.84. The number of amides is 1. The number of hydrogen-bond acceptors (Lipinski definition) is 3. The minimum absolute atomic E-state index is 0.185. The van der Waals surface area contributed by atoms with Gasteiger partial charge < -0.3 is 10.1 Å². The molecule has 4 nitrogen and oxygen atoms in total. The van der Waals surface area contributed by atoms with Gasteiger partial charge in [0.1, 0.15) is 5.88 Å². The van der Waals surface area contributed by atoms with Crippen molar-refractivity contribution >= 4 is 29.2 Å². The Morgan fingerprint density at radius 2 is 1.67 bits per heavy atom. The van der Waals surface area contributed by atoms with Gasteiger partial charge in [0.15, 0.2) is 5.75 Å². The van der Waals surface area contributed by atoms with Crippen molar-refractivity contribution < 1.29 is 14.3 Å². The normalized spacial score (nSPS) is 9.95. The number of para-hydroxylation sites is 2. The summed E-state index contributed by atoms with van der Waals surface area (Å²) in [4.78, 5) is 23.3. The fraction of sp³-hybridized carbons (Fsp3) is 0.125. The van der Waals surface area contributed by atoms with Crippen LogP contribution >= 0.6 is 11.6 Å². The highest BCUT2D eigenvalue weighted by Crippen LogP contribution is 2.24. The molecular formula is C16H14ClNO3. The van der Waals surface area contributed by atoms with Crippen molar-refractivity contribution in [3.63, 3.8) is 0 Å². The lowest BCUT2D eigenvalue weighted by Gasteiger charge is -2.10. The number of carbonyl (C=O) groups is 2. The smallest absolute Gasteiger partial charge is 0.326 e. The second-order valence-corrected chi connectivity index (χ2v) is 4.58. The van der Waals surface area contributed by atoms with Crippen LogP contribution in [0, 0.1) is 0 Å². The molecule has 0 radical (unpaired) electrons. The van der Waals surface area contributed by atoms with E-state index in [0.29, 0.717) is 5.69 Å². The van der Waals surface area contributed by atoms with E-state index in [-0.39, 0.29) is 24.0 Å². The molecule has 0 heterocycles. The van der Waals surface area contributed by atoms with Crippen LogP contribution in [0.1, 0.15) is 5.56 Å². The molecule has 0 saturated heterocycles. The Bertz CT molecular complexity index is 628. The van der Waals surface area contributed by atoms with Crippen molar-refractivity contribution in [3.05, 3.63) is 60.2 Å².